The molecule has 2 aromatic rings. The highest BCUT2D eigenvalue weighted by atomic mass is 35.5. The van der Waals surface area contributed by atoms with Crippen molar-refractivity contribution in [3.63, 3.8) is 0 Å². The Balaban J connectivity index is 2.09. The average molecular weight is 236 g/mol. The van der Waals surface area contributed by atoms with Crippen molar-refractivity contribution in [1.82, 2.24) is 9.97 Å². The molecule has 0 fully saturated rings. The zero-order valence-electron chi connectivity index (χ0n) is 8.43. The van der Waals surface area contributed by atoms with Gasteiger partial charge in [0.05, 0.1) is 5.02 Å². The van der Waals surface area contributed by atoms with Crippen molar-refractivity contribution >= 4 is 17.4 Å². The van der Waals surface area contributed by atoms with E-state index in [4.69, 9.17) is 22.1 Å². The minimum atomic E-state index is 0.344. The number of aromatic nitrogens is 2. The van der Waals surface area contributed by atoms with E-state index in [1.54, 1.807) is 36.8 Å². The highest BCUT2D eigenvalue weighted by molar-refractivity contribution is 6.31. The summed E-state index contributed by atoms with van der Waals surface area (Å²) >= 11 is 5.94. The van der Waals surface area contributed by atoms with Crippen LogP contribution in [0.4, 0.5) is 5.82 Å². The van der Waals surface area contributed by atoms with Gasteiger partial charge in [-0.15, -0.1) is 0 Å². The molecule has 0 saturated heterocycles. The summed E-state index contributed by atoms with van der Waals surface area (Å²) in [5.41, 5.74) is 6.50. The fourth-order valence-electron chi connectivity index (χ4n) is 1.20. The Kier molecular flexibility index (Phi) is 3.22. The van der Waals surface area contributed by atoms with Crippen molar-refractivity contribution in [2.24, 2.45) is 0 Å². The van der Waals surface area contributed by atoms with Gasteiger partial charge < -0.3 is 10.5 Å². The molecule has 0 aliphatic heterocycles. The molecule has 5 heteroatoms. The summed E-state index contributed by atoms with van der Waals surface area (Å²) in [6, 6.07) is 5.33. The molecule has 0 spiro atoms. The van der Waals surface area contributed by atoms with Crippen LogP contribution in [-0.2, 0) is 6.61 Å². The van der Waals surface area contributed by atoms with Crippen LogP contribution in [0, 0.1) is 0 Å². The van der Waals surface area contributed by atoms with Gasteiger partial charge in [-0.3, -0.25) is 4.98 Å². The minimum absolute atomic E-state index is 0.344. The van der Waals surface area contributed by atoms with Gasteiger partial charge in [0.2, 0.25) is 0 Å². The topological polar surface area (TPSA) is 61.0 Å². The fraction of sp³-hybridized carbons (Fsp3) is 0.0909. The lowest BCUT2D eigenvalue weighted by molar-refractivity contribution is 0.307. The standard InChI is InChI=1S/C11H10ClN3O/c12-9-6-14-5-3-8(9)7-16-10-2-1-4-15-11(10)13/h1-6H,7H2,(H2,13,15). The Labute approximate surface area is 98.0 Å². The molecule has 0 atom stereocenters. The van der Waals surface area contributed by atoms with Crippen LogP contribution in [0.5, 0.6) is 5.75 Å². The van der Waals surface area contributed by atoms with Gasteiger partial charge >= 0.3 is 0 Å². The largest absolute Gasteiger partial charge is 0.485 e. The van der Waals surface area contributed by atoms with Crippen LogP contribution in [0.2, 0.25) is 5.02 Å². The van der Waals surface area contributed by atoms with E-state index in [2.05, 4.69) is 9.97 Å². The molecule has 82 valence electrons. The number of nitrogens with two attached hydrogens (primary N) is 1. The van der Waals surface area contributed by atoms with Gasteiger partial charge in [0.1, 0.15) is 6.61 Å². The Hall–Kier alpha value is -1.81. The maximum absolute atomic E-state index is 5.94. The van der Waals surface area contributed by atoms with E-state index in [9.17, 15) is 0 Å². The number of anilines is 1. The first kappa shape index (κ1) is 10.7. The number of pyridine rings is 2. The van der Waals surface area contributed by atoms with Crippen molar-refractivity contribution in [1.29, 1.82) is 0 Å². The summed E-state index contributed by atoms with van der Waals surface area (Å²) in [6.45, 7) is 0.344. The van der Waals surface area contributed by atoms with E-state index < -0.39 is 0 Å². The number of ether oxygens (including phenoxy) is 1. The second kappa shape index (κ2) is 4.81. The zero-order chi connectivity index (χ0) is 11.4. The molecule has 2 rings (SSSR count). The number of halogens is 1. The lowest BCUT2D eigenvalue weighted by Gasteiger charge is -2.08. The predicted octanol–water partition coefficient (Wildman–Crippen LogP) is 2.29. The van der Waals surface area contributed by atoms with E-state index in [-0.39, 0.29) is 0 Å². The Morgan fingerprint density at radius 1 is 1.31 bits per heavy atom. The van der Waals surface area contributed by atoms with Crippen LogP contribution in [-0.4, -0.2) is 9.97 Å². The summed E-state index contributed by atoms with van der Waals surface area (Å²) < 4.78 is 5.50. The highest BCUT2D eigenvalue weighted by Gasteiger charge is 2.03. The SMILES string of the molecule is Nc1ncccc1OCc1ccncc1Cl. The summed E-state index contributed by atoms with van der Waals surface area (Å²) in [5.74, 6) is 0.919. The van der Waals surface area contributed by atoms with Gasteiger partial charge in [-0.2, -0.15) is 0 Å². The summed E-state index contributed by atoms with van der Waals surface area (Å²) in [7, 11) is 0. The third-order valence-electron chi connectivity index (χ3n) is 2.04. The quantitative estimate of drug-likeness (QED) is 0.887. The molecule has 0 aromatic carbocycles. The van der Waals surface area contributed by atoms with Crippen LogP contribution in [0.25, 0.3) is 0 Å². The van der Waals surface area contributed by atoms with Crippen molar-refractivity contribution in [2.75, 3.05) is 5.73 Å². The number of nitrogen functional groups attached to an aromatic ring is 1. The zero-order valence-corrected chi connectivity index (χ0v) is 9.19. The molecule has 0 aliphatic rings. The number of nitrogens with zero attached hydrogens (tertiary/aromatic N) is 2. The number of hydrogen-bond donors (Lipinski definition) is 1. The maximum Gasteiger partial charge on any atom is 0.166 e. The van der Waals surface area contributed by atoms with Crippen molar-refractivity contribution in [2.45, 2.75) is 6.61 Å². The Morgan fingerprint density at radius 2 is 2.19 bits per heavy atom. The van der Waals surface area contributed by atoms with Crippen LogP contribution < -0.4 is 10.5 Å². The van der Waals surface area contributed by atoms with E-state index in [1.807, 2.05) is 0 Å². The number of rotatable bonds is 3. The lowest BCUT2D eigenvalue weighted by Crippen LogP contribution is -2.00. The molecule has 16 heavy (non-hydrogen) atoms. The molecular formula is C11H10ClN3O. The third-order valence-corrected chi connectivity index (χ3v) is 2.38. The Morgan fingerprint density at radius 3 is 2.94 bits per heavy atom. The van der Waals surface area contributed by atoms with E-state index in [0.717, 1.165) is 5.56 Å². The second-order valence-corrected chi connectivity index (χ2v) is 3.55. The molecule has 0 radical (unpaired) electrons. The van der Waals surface area contributed by atoms with Crippen LogP contribution in [0.1, 0.15) is 5.56 Å². The molecule has 2 N–H and O–H groups in total. The second-order valence-electron chi connectivity index (χ2n) is 3.14. The van der Waals surface area contributed by atoms with Crippen molar-refractivity contribution < 1.29 is 4.74 Å². The average Bonchev–Trinajstić information content (AvgIpc) is 2.30. The lowest BCUT2D eigenvalue weighted by atomic mass is 10.3. The molecule has 4 nitrogen and oxygen atoms in total. The maximum atomic E-state index is 5.94. The fourth-order valence-corrected chi connectivity index (χ4v) is 1.38. The molecule has 0 unspecified atom stereocenters. The van der Waals surface area contributed by atoms with E-state index in [1.165, 1.54) is 0 Å². The third kappa shape index (κ3) is 2.41. The Bertz CT molecular complexity index is 445. The highest BCUT2D eigenvalue weighted by Crippen LogP contribution is 2.20. The number of hydrogen-bond acceptors (Lipinski definition) is 4. The van der Waals surface area contributed by atoms with E-state index >= 15 is 0 Å². The monoisotopic (exact) mass is 235 g/mol. The molecule has 0 amide bonds. The van der Waals surface area contributed by atoms with E-state index in [0.29, 0.717) is 23.2 Å². The van der Waals surface area contributed by atoms with Gasteiger partial charge in [0, 0.05) is 24.2 Å². The summed E-state index contributed by atoms with van der Waals surface area (Å²) in [6.07, 6.45) is 4.85. The normalized spacial score (nSPS) is 10.1. The summed E-state index contributed by atoms with van der Waals surface area (Å²) in [4.78, 5) is 7.81. The van der Waals surface area contributed by atoms with Gasteiger partial charge in [-0.1, -0.05) is 11.6 Å². The first-order valence-electron chi connectivity index (χ1n) is 4.69. The van der Waals surface area contributed by atoms with Gasteiger partial charge in [-0.05, 0) is 18.2 Å². The molecule has 2 aromatic heterocycles. The van der Waals surface area contributed by atoms with Gasteiger partial charge in [0.25, 0.3) is 0 Å². The smallest absolute Gasteiger partial charge is 0.166 e. The first-order chi connectivity index (χ1) is 7.77. The van der Waals surface area contributed by atoms with Crippen molar-refractivity contribution in [3.05, 3.63) is 47.4 Å². The summed E-state index contributed by atoms with van der Waals surface area (Å²) in [5, 5.41) is 0.574. The van der Waals surface area contributed by atoms with Crippen molar-refractivity contribution in [3.8, 4) is 5.75 Å². The predicted molar refractivity (Wildman–Crippen MR) is 62.2 cm³/mol. The molecule has 0 aliphatic carbocycles. The van der Waals surface area contributed by atoms with Gasteiger partial charge in [0.15, 0.2) is 11.6 Å². The molecular weight excluding hydrogens is 226 g/mol. The molecule has 2 heterocycles. The van der Waals surface area contributed by atoms with Gasteiger partial charge in [-0.25, -0.2) is 4.98 Å². The van der Waals surface area contributed by atoms with Crippen LogP contribution in [0.15, 0.2) is 36.8 Å². The van der Waals surface area contributed by atoms with Crippen LogP contribution in [0.3, 0.4) is 0 Å². The molecule has 0 bridgehead atoms. The first-order valence-corrected chi connectivity index (χ1v) is 5.07. The minimum Gasteiger partial charge on any atom is -0.485 e. The van der Waals surface area contributed by atoms with Crippen LogP contribution >= 0.6 is 11.6 Å². The molecule has 0 saturated carbocycles.